The number of hydrogen-bond acceptors (Lipinski definition) is 3. The zero-order valence-electron chi connectivity index (χ0n) is 14.4. The Morgan fingerprint density at radius 2 is 1.96 bits per heavy atom. The highest BCUT2D eigenvalue weighted by atomic mass is 19.1. The van der Waals surface area contributed by atoms with Gasteiger partial charge in [0.25, 0.3) is 5.91 Å². The fourth-order valence-electron chi connectivity index (χ4n) is 2.75. The van der Waals surface area contributed by atoms with Crippen molar-refractivity contribution < 1.29 is 13.9 Å². The topological polar surface area (TPSA) is 42.4 Å². The molecule has 0 bridgehead atoms. The van der Waals surface area contributed by atoms with Crippen molar-refractivity contribution in [1.82, 2.24) is 9.88 Å². The number of ether oxygens (including phenoxy) is 1. The van der Waals surface area contributed by atoms with E-state index in [0.717, 1.165) is 16.7 Å². The molecule has 0 radical (unpaired) electrons. The maximum Gasteiger partial charge on any atom is 0.255 e. The van der Waals surface area contributed by atoms with Crippen molar-refractivity contribution in [1.29, 1.82) is 0 Å². The molecule has 1 aromatic heterocycles. The fraction of sp³-hybridized carbons (Fsp3) is 0.200. The summed E-state index contributed by atoms with van der Waals surface area (Å²) in [6, 6.07) is 13.8. The van der Waals surface area contributed by atoms with Gasteiger partial charge in [0.15, 0.2) is 0 Å². The summed E-state index contributed by atoms with van der Waals surface area (Å²) in [5, 5.41) is 0.856. The number of benzene rings is 2. The summed E-state index contributed by atoms with van der Waals surface area (Å²) < 4.78 is 19.0. The molecule has 0 fully saturated rings. The summed E-state index contributed by atoms with van der Waals surface area (Å²) in [6.45, 7) is 1.99. The van der Waals surface area contributed by atoms with Gasteiger partial charge in [-0.05, 0) is 31.2 Å². The Kier molecular flexibility index (Phi) is 4.65. The highest BCUT2D eigenvalue weighted by Crippen LogP contribution is 2.23. The number of halogens is 1. The van der Waals surface area contributed by atoms with Gasteiger partial charge in [0.2, 0.25) is 0 Å². The molecule has 0 N–H and O–H groups in total. The number of rotatable bonds is 4. The first-order chi connectivity index (χ1) is 12.0. The summed E-state index contributed by atoms with van der Waals surface area (Å²) in [6.07, 6.45) is 0. The molecule has 3 aromatic rings. The Bertz CT molecular complexity index is 940. The van der Waals surface area contributed by atoms with E-state index in [1.54, 1.807) is 39.3 Å². The Labute approximate surface area is 145 Å². The third-order valence-electron chi connectivity index (χ3n) is 4.16. The monoisotopic (exact) mass is 338 g/mol. The Hall–Kier alpha value is -2.95. The highest BCUT2D eigenvalue weighted by molar-refractivity contribution is 5.98. The van der Waals surface area contributed by atoms with Crippen LogP contribution >= 0.6 is 0 Å². The molecule has 0 spiro atoms. The van der Waals surface area contributed by atoms with Gasteiger partial charge in [-0.15, -0.1) is 0 Å². The lowest BCUT2D eigenvalue weighted by atomic mass is 10.1. The van der Waals surface area contributed by atoms with Gasteiger partial charge >= 0.3 is 0 Å². The molecular formula is C20H19FN2O2. The SMILES string of the molecule is COc1ccc2cc(C(=O)N(C)Cc3ccccc3F)c(C)nc2c1. The first-order valence-corrected chi connectivity index (χ1v) is 7.94. The Balaban J connectivity index is 1.91. The number of hydrogen-bond donors (Lipinski definition) is 0. The lowest BCUT2D eigenvalue weighted by Gasteiger charge is -2.19. The van der Waals surface area contributed by atoms with Crippen molar-refractivity contribution in [3.8, 4) is 5.75 Å². The molecule has 1 heterocycles. The summed E-state index contributed by atoms with van der Waals surface area (Å²) in [5.74, 6) is 0.212. The van der Waals surface area contributed by atoms with Crippen molar-refractivity contribution in [3.05, 3.63) is 71.2 Å². The zero-order chi connectivity index (χ0) is 18.0. The number of fused-ring (bicyclic) bond motifs is 1. The van der Waals surface area contributed by atoms with Crippen molar-refractivity contribution in [2.24, 2.45) is 0 Å². The Morgan fingerprint density at radius 3 is 2.68 bits per heavy atom. The van der Waals surface area contributed by atoms with E-state index in [9.17, 15) is 9.18 Å². The minimum absolute atomic E-state index is 0.189. The van der Waals surface area contributed by atoms with E-state index < -0.39 is 0 Å². The van der Waals surface area contributed by atoms with E-state index in [1.807, 2.05) is 24.3 Å². The number of carbonyl (C=O) groups is 1. The van der Waals surface area contributed by atoms with Crippen LogP contribution in [0.4, 0.5) is 4.39 Å². The predicted octanol–water partition coefficient (Wildman–Crippen LogP) is 3.96. The van der Waals surface area contributed by atoms with Crippen LogP contribution in [-0.4, -0.2) is 29.9 Å². The number of nitrogens with zero attached hydrogens (tertiary/aromatic N) is 2. The largest absolute Gasteiger partial charge is 0.497 e. The molecule has 0 aliphatic rings. The first-order valence-electron chi connectivity index (χ1n) is 7.94. The predicted molar refractivity (Wildman–Crippen MR) is 95.2 cm³/mol. The second-order valence-corrected chi connectivity index (χ2v) is 5.93. The summed E-state index contributed by atoms with van der Waals surface area (Å²) in [5.41, 5.74) is 2.39. The van der Waals surface area contributed by atoms with Gasteiger partial charge in [-0.25, -0.2) is 4.39 Å². The lowest BCUT2D eigenvalue weighted by Crippen LogP contribution is -2.27. The number of pyridine rings is 1. The van der Waals surface area contributed by atoms with E-state index in [4.69, 9.17) is 4.74 Å². The van der Waals surface area contributed by atoms with Gasteiger partial charge in [0.1, 0.15) is 11.6 Å². The molecule has 25 heavy (non-hydrogen) atoms. The van der Waals surface area contributed by atoms with E-state index in [0.29, 0.717) is 16.8 Å². The van der Waals surface area contributed by atoms with Crippen LogP contribution in [0.25, 0.3) is 10.9 Å². The quantitative estimate of drug-likeness (QED) is 0.723. The fourth-order valence-corrected chi connectivity index (χ4v) is 2.75. The van der Waals surface area contributed by atoms with Gasteiger partial charge < -0.3 is 9.64 Å². The molecule has 1 amide bonds. The van der Waals surface area contributed by atoms with Crippen molar-refractivity contribution in [2.45, 2.75) is 13.5 Å². The Morgan fingerprint density at radius 1 is 1.20 bits per heavy atom. The highest BCUT2D eigenvalue weighted by Gasteiger charge is 2.17. The van der Waals surface area contributed by atoms with E-state index >= 15 is 0 Å². The second-order valence-electron chi connectivity index (χ2n) is 5.93. The normalized spacial score (nSPS) is 10.7. The van der Waals surface area contributed by atoms with Crippen molar-refractivity contribution in [3.63, 3.8) is 0 Å². The maximum atomic E-state index is 13.8. The number of aryl methyl sites for hydroxylation is 1. The first kappa shape index (κ1) is 16.9. The third kappa shape index (κ3) is 3.45. The molecule has 5 heteroatoms. The van der Waals surface area contributed by atoms with Crippen molar-refractivity contribution in [2.75, 3.05) is 14.2 Å². The van der Waals surface area contributed by atoms with Gasteiger partial charge in [-0.3, -0.25) is 9.78 Å². The molecule has 0 unspecified atom stereocenters. The number of methoxy groups -OCH3 is 1. The standard InChI is InChI=1S/C20H19FN2O2/c1-13-17(10-14-8-9-16(25-3)11-19(14)22-13)20(24)23(2)12-15-6-4-5-7-18(15)21/h4-11H,12H2,1-3H3. The molecular weight excluding hydrogens is 319 g/mol. The molecule has 0 atom stereocenters. The van der Waals surface area contributed by atoms with E-state index in [-0.39, 0.29) is 18.3 Å². The van der Waals surface area contributed by atoms with Crippen LogP contribution in [0.15, 0.2) is 48.5 Å². The van der Waals surface area contributed by atoms with Crippen LogP contribution in [0.1, 0.15) is 21.6 Å². The minimum Gasteiger partial charge on any atom is -0.497 e. The van der Waals surface area contributed by atoms with Crippen LogP contribution in [0, 0.1) is 12.7 Å². The lowest BCUT2D eigenvalue weighted by molar-refractivity contribution is 0.0783. The van der Waals surface area contributed by atoms with E-state index in [2.05, 4.69) is 4.98 Å². The minimum atomic E-state index is -0.317. The van der Waals surface area contributed by atoms with Crippen molar-refractivity contribution >= 4 is 16.8 Å². The molecule has 0 saturated carbocycles. The zero-order valence-corrected chi connectivity index (χ0v) is 14.4. The maximum absolute atomic E-state index is 13.8. The van der Waals surface area contributed by atoms with Gasteiger partial charge in [0.05, 0.1) is 23.9 Å². The van der Waals surface area contributed by atoms with Gasteiger partial charge in [-0.2, -0.15) is 0 Å². The van der Waals surface area contributed by atoms with Crippen LogP contribution in [0.3, 0.4) is 0 Å². The van der Waals surface area contributed by atoms with Gasteiger partial charge in [0, 0.05) is 30.6 Å². The summed E-state index contributed by atoms with van der Waals surface area (Å²) in [4.78, 5) is 18.8. The van der Waals surface area contributed by atoms with Gasteiger partial charge in [-0.1, -0.05) is 18.2 Å². The summed E-state index contributed by atoms with van der Waals surface area (Å²) in [7, 11) is 3.26. The second kappa shape index (κ2) is 6.89. The molecule has 2 aromatic carbocycles. The number of amides is 1. The average Bonchev–Trinajstić information content (AvgIpc) is 2.61. The van der Waals surface area contributed by atoms with Crippen LogP contribution in [0.5, 0.6) is 5.75 Å². The molecule has 4 nitrogen and oxygen atoms in total. The molecule has 0 aliphatic heterocycles. The smallest absolute Gasteiger partial charge is 0.255 e. The van der Waals surface area contributed by atoms with E-state index in [1.165, 1.54) is 11.0 Å². The molecule has 0 aliphatic carbocycles. The summed E-state index contributed by atoms with van der Waals surface area (Å²) >= 11 is 0. The van der Waals surface area contributed by atoms with Crippen LogP contribution in [0.2, 0.25) is 0 Å². The molecule has 3 rings (SSSR count). The third-order valence-corrected chi connectivity index (χ3v) is 4.16. The number of aromatic nitrogens is 1. The number of carbonyl (C=O) groups excluding carboxylic acids is 1. The average molecular weight is 338 g/mol. The van der Waals surface area contributed by atoms with Crippen LogP contribution in [-0.2, 0) is 6.54 Å². The molecule has 0 saturated heterocycles. The van der Waals surface area contributed by atoms with Crippen LogP contribution < -0.4 is 4.74 Å². The molecule has 128 valence electrons.